The number of allylic oxidation sites excluding steroid dienone is 1. The highest BCUT2D eigenvalue weighted by Crippen LogP contribution is 2.21. The molecule has 4 heteroatoms. The number of hydroxylamine groups is 2. The van der Waals surface area contributed by atoms with Gasteiger partial charge in [0.15, 0.2) is 0 Å². The van der Waals surface area contributed by atoms with E-state index in [1.54, 1.807) is 7.05 Å². The third-order valence-corrected chi connectivity index (χ3v) is 2.52. The molecule has 0 aromatic rings. The number of hydrogen-bond acceptors (Lipinski definition) is 3. The summed E-state index contributed by atoms with van der Waals surface area (Å²) in [7, 11) is 3.03. The summed E-state index contributed by atoms with van der Waals surface area (Å²) in [6, 6.07) is -0.468. The summed E-state index contributed by atoms with van der Waals surface area (Å²) in [5.74, 6) is -0.166. The zero-order valence-corrected chi connectivity index (χ0v) is 8.82. The average Bonchev–Trinajstić information content (AvgIpc) is 2.68. The molecule has 0 fully saturated rings. The third kappa shape index (κ3) is 2.82. The van der Waals surface area contributed by atoms with Gasteiger partial charge in [0.1, 0.15) is 0 Å². The Morgan fingerprint density at radius 3 is 3.00 bits per heavy atom. The van der Waals surface area contributed by atoms with Gasteiger partial charge in [-0.05, 0) is 25.7 Å². The van der Waals surface area contributed by atoms with Crippen molar-refractivity contribution in [3.63, 3.8) is 0 Å². The lowest BCUT2D eigenvalue weighted by Gasteiger charge is -2.18. The van der Waals surface area contributed by atoms with Gasteiger partial charge in [-0.3, -0.25) is 9.63 Å². The Bertz CT molecular complexity index is 238. The molecule has 0 aliphatic heterocycles. The van der Waals surface area contributed by atoms with Crippen molar-refractivity contribution in [3.8, 4) is 0 Å². The number of hydrogen-bond donors (Lipinski definition) is 1. The van der Waals surface area contributed by atoms with Gasteiger partial charge in [-0.15, -0.1) is 0 Å². The third-order valence-electron chi connectivity index (χ3n) is 2.52. The van der Waals surface area contributed by atoms with Gasteiger partial charge >= 0.3 is 0 Å². The van der Waals surface area contributed by atoms with Gasteiger partial charge < -0.3 is 5.73 Å². The molecule has 0 radical (unpaired) electrons. The van der Waals surface area contributed by atoms with E-state index in [9.17, 15) is 4.79 Å². The highest BCUT2D eigenvalue weighted by Gasteiger charge is 2.20. The molecule has 0 saturated heterocycles. The molecule has 0 aromatic carbocycles. The Labute approximate surface area is 84.7 Å². The maximum atomic E-state index is 11.5. The highest BCUT2D eigenvalue weighted by atomic mass is 16.7. The molecule has 1 aliphatic carbocycles. The van der Waals surface area contributed by atoms with Crippen LogP contribution in [0.3, 0.4) is 0 Å². The second-order valence-corrected chi connectivity index (χ2v) is 3.58. The quantitative estimate of drug-likeness (QED) is 0.538. The Hall–Kier alpha value is -0.870. The molecule has 14 heavy (non-hydrogen) atoms. The SMILES string of the molecule is CON(C)C(=O)[C@@H](N)CC1=CCCC1. The smallest absolute Gasteiger partial charge is 0.263 e. The first kappa shape index (κ1) is 11.2. The number of nitrogens with two attached hydrogens (primary N) is 1. The van der Waals surface area contributed by atoms with Gasteiger partial charge in [0.05, 0.1) is 13.2 Å². The summed E-state index contributed by atoms with van der Waals surface area (Å²) in [6.07, 6.45) is 6.23. The summed E-state index contributed by atoms with van der Waals surface area (Å²) in [6.45, 7) is 0. The first-order chi connectivity index (χ1) is 6.65. The molecule has 1 amide bonds. The minimum atomic E-state index is -0.468. The molecule has 4 nitrogen and oxygen atoms in total. The lowest BCUT2D eigenvalue weighted by molar-refractivity contribution is -0.170. The number of carbonyl (C=O) groups is 1. The van der Waals surface area contributed by atoms with E-state index in [1.165, 1.54) is 24.2 Å². The number of amides is 1. The average molecular weight is 198 g/mol. The van der Waals surface area contributed by atoms with Crippen LogP contribution in [0.1, 0.15) is 25.7 Å². The van der Waals surface area contributed by atoms with E-state index in [-0.39, 0.29) is 5.91 Å². The van der Waals surface area contributed by atoms with Crippen LogP contribution >= 0.6 is 0 Å². The summed E-state index contributed by atoms with van der Waals surface area (Å²) in [4.78, 5) is 16.3. The fourth-order valence-corrected chi connectivity index (χ4v) is 1.62. The van der Waals surface area contributed by atoms with Crippen LogP contribution in [0.2, 0.25) is 0 Å². The van der Waals surface area contributed by atoms with Gasteiger partial charge in [-0.2, -0.15) is 0 Å². The van der Waals surface area contributed by atoms with Crippen LogP contribution < -0.4 is 5.73 Å². The van der Waals surface area contributed by atoms with Crippen molar-refractivity contribution in [3.05, 3.63) is 11.6 Å². The normalized spacial score (nSPS) is 17.8. The standard InChI is InChI=1S/C10H18N2O2/c1-12(14-2)10(13)9(11)7-8-5-3-4-6-8/h5,9H,3-4,6-7,11H2,1-2H3/t9-/m0/s1. The minimum absolute atomic E-state index is 0.166. The van der Waals surface area contributed by atoms with Crippen LogP contribution in [0.5, 0.6) is 0 Å². The number of nitrogens with zero attached hydrogens (tertiary/aromatic N) is 1. The number of rotatable bonds is 4. The largest absolute Gasteiger partial charge is 0.320 e. The van der Waals surface area contributed by atoms with Crippen LogP contribution in [0.4, 0.5) is 0 Å². The monoisotopic (exact) mass is 198 g/mol. The zero-order valence-electron chi connectivity index (χ0n) is 8.82. The molecule has 1 aliphatic rings. The molecule has 1 rings (SSSR count). The summed E-state index contributed by atoms with van der Waals surface area (Å²) in [5.41, 5.74) is 7.06. The van der Waals surface area contributed by atoms with Crippen molar-refractivity contribution < 1.29 is 9.63 Å². The highest BCUT2D eigenvalue weighted by molar-refractivity contribution is 5.80. The molecule has 0 unspecified atom stereocenters. The van der Waals surface area contributed by atoms with Crippen molar-refractivity contribution >= 4 is 5.91 Å². The van der Waals surface area contributed by atoms with E-state index in [1.807, 2.05) is 0 Å². The topological polar surface area (TPSA) is 55.6 Å². The fraction of sp³-hybridized carbons (Fsp3) is 0.700. The Kier molecular flexibility index (Phi) is 4.10. The molecule has 80 valence electrons. The Balaban J connectivity index is 2.40. The molecule has 0 spiro atoms. The molecule has 0 heterocycles. The molecule has 0 aromatic heterocycles. The van der Waals surface area contributed by atoms with Crippen molar-refractivity contribution in [2.75, 3.05) is 14.2 Å². The first-order valence-electron chi connectivity index (χ1n) is 4.90. The molecule has 0 saturated carbocycles. The van der Waals surface area contributed by atoms with Crippen LogP contribution in [-0.4, -0.2) is 31.2 Å². The van der Waals surface area contributed by atoms with Crippen molar-refractivity contribution in [1.82, 2.24) is 5.06 Å². The van der Waals surface area contributed by atoms with Crippen LogP contribution in [0.15, 0.2) is 11.6 Å². The van der Waals surface area contributed by atoms with Crippen LogP contribution in [0.25, 0.3) is 0 Å². The molecular formula is C10H18N2O2. The van der Waals surface area contributed by atoms with Crippen LogP contribution in [0, 0.1) is 0 Å². The van der Waals surface area contributed by atoms with Crippen molar-refractivity contribution in [1.29, 1.82) is 0 Å². The number of carbonyl (C=O) groups excluding carboxylic acids is 1. The maximum absolute atomic E-state index is 11.5. The van der Waals surface area contributed by atoms with E-state index in [2.05, 4.69) is 6.08 Å². The molecular weight excluding hydrogens is 180 g/mol. The summed E-state index contributed by atoms with van der Waals surface area (Å²) < 4.78 is 0. The van der Waals surface area contributed by atoms with Gasteiger partial charge in [-0.25, -0.2) is 5.06 Å². The predicted octanol–water partition coefficient (Wildman–Crippen LogP) is 0.834. The van der Waals surface area contributed by atoms with Gasteiger partial charge in [0.25, 0.3) is 5.91 Å². The van der Waals surface area contributed by atoms with Gasteiger partial charge in [0, 0.05) is 7.05 Å². The van der Waals surface area contributed by atoms with E-state index in [4.69, 9.17) is 10.6 Å². The molecule has 0 bridgehead atoms. The maximum Gasteiger partial charge on any atom is 0.263 e. The van der Waals surface area contributed by atoms with Gasteiger partial charge in [0.2, 0.25) is 0 Å². The lowest BCUT2D eigenvalue weighted by atomic mass is 10.1. The second kappa shape index (κ2) is 5.12. The molecule has 1 atom stereocenters. The van der Waals surface area contributed by atoms with Crippen molar-refractivity contribution in [2.24, 2.45) is 5.73 Å². The fourth-order valence-electron chi connectivity index (χ4n) is 1.62. The van der Waals surface area contributed by atoms with Crippen molar-refractivity contribution in [2.45, 2.75) is 31.7 Å². The minimum Gasteiger partial charge on any atom is -0.320 e. The number of likely N-dealkylation sites (N-methyl/N-ethyl adjacent to an activating group) is 1. The lowest BCUT2D eigenvalue weighted by Crippen LogP contribution is -2.41. The second-order valence-electron chi connectivity index (χ2n) is 3.58. The molecule has 2 N–H and O–H groups in total. The Morgan fingerprint density at radius 1 is 1.79 bits per heavy atom. The van der Waals surface area contributed by atoms with E-state index < -0.39 is 6.04 Å². The van der Waals surface area contributed by atoms with E-state index >= 15 is 0 Å². The van der Waals surface area contributed by atoms with Crippen LogP contribution in [-0.2, 0) is 9.63 Å². The van der Waals surface area contributed by atoms with E-state index in [0.29, 0.717) is 6.42 Å². The Morgan fingerprint density at radius 2 is 2.50 bits per heavy atom. The van der Waals surface area contributed by atoms with Gasteiger partial charge in [-0.1, -0.05) is 11.6 Å². The first-order valence-corrected chi connectivity index (χ1v) is 4.90. The summed E-state index contributed by atoms with van der Waals surface area (Å²) >= 11 is 0. The summed E-state index contributed by atoms with van der Waals surface area (Å²) in [5, 5.41) is 1.18. The predicted molar refractivity (Wildman–Crippen MR) is 54.3 cm³/mol. The van der Waals surface area contributed by atoms with E-state index in [0.717, 1.165) is 12.8 Å². The zero-order chi connectivity index (χ0) is 10.6.